The molecule has 0 unspecified atom stereocenters. The summed E-state index contributed by atoms with van der Waals surface area (Å²) in [6.07, 6.45) is 4.29. The molecule has 0 spiro atoms. The molecule has 0 atom stereocenters. The Kier molecular flexibility index (Phi) is 7.14. The lowest BCUT2D eigenvalue weighted by Crippen LogP contribution is -2.36. The fourth-order valence-electron chi connectivity index (χ4n) is 2.99. The molecule has 8 nitrogen and oxygen atoms in total. The smallest absolute Gasteiger partial charge is 0.333 e. The fraction of sp³-hybridized carbons (Fsp3) is 0.130. The fourth-order valence-corrected chi connectivity index (χ4v) is 4.75. The molecule has 4 rings (SSSR count). The van der Waals surface area contributed by atoms with Crippen molar-refractivity contribution in [3.05, 3.63) is 79.1 Å². The Labute approximate surface area is 200 Å². The van der Waals surface area contributed by atoms with Crippen LogP contribution in [0.2, 0.25) is 0 Å². The number of rotatable bonds is 7. The van der Waals surface area contributed by atoms with Gasteiger partial charge < -0.3 is 14.5 Å². The number of anilines is 1. The van der Waals surface area contributed by atoms with E-state index in [-0.39, 0.29) is 28.0 Å². The van der Waals surface area contributed by atoms with Gasteiger partial charge in [0.2, 0.25) is 5.91 Å². The van der Waals surface area contributed by atoms with Gasteiger partial charge in [-0.15, -0.1) is 22.7 Å². The molecular weight excluding hydrogens is 481 g/mol. The number of esters is 1. The topological polar surface area (TPSA) is 103 Å². The third kappa shape index (κ3) is 5.56. The third-order valence-electron chi connectivity index (χ3n) is 4.41. The van der Waals surface area contributed by atoms with Crippen molar-refractivity contribution < 1.29 is 23.1 Å². The van der Waals surface area contributed by atoms with E-state index in [0.29, 0.717) is 16.5 Å². The number of aromatic nitrogens is 2. The molecular formula is C23H18FN3O5S2. The SMILES string of the molecule is CCOC(=O)/C=c1/s/c(=C/c2csc(-c3ccco3)n2)c(=O)n1CC(=O)Nc1cccc(F)c1. The van der Waals surface area contributed by atoms with Crippen molar-refractivity contribution in [1.82, 2.24) is 9.55 Å². The third-order valence-corrected chi connectivity index (χ3v) is 6.34. The lowest BCUT2D eigenvalue weighted by atomic mass is 10.3. The Hall–Kier alpha value is -3.83. The molecule has 3 heterocycles. The molecule has 3 aromatic heterocycles. The summed E-state index contributed by atoms with van der Waals surface area (Å²) in [5, 5.41) is 4.97. The van der Waals surface area contributed by atoms with E-state index in [4.69, 9.17) is 9.15 Å². The second-order valence-corrected chi connectivity index (χ2v) is 8.77. The number of nitrogens with zero attached hydrogens (tertiary/aromatic N) is 2. The van der Waals surface area contributed by atoms with Crippen molar-refractivity contribution in [2.24, 2.45) is 0 Å². The summed E-state index contributed by atoms with van der Waals surface area (Å²) in [7, 11) is 0. The number of amides is 1. The molecule has 1 aromatic carbocycles. The molecule has 0 aliphatic heterocycles. The van der Waals surface area contributed by atoms with Crippen LogP contribution in [0.3, 0.4) is 0 Å². The average Bonchev–Trinajstić information content (AvgIpc) is 3.53. The van der Waals surface area contributed by atoms with E-state index in [1.54, 1.807) is 36.8 Å². The van der Waals surface area contributed by atoms with Gasteiger partial charge in [-0.25, -0.2) is 14.2 Å². The van der Waals surface area contributed by atoms with Crippen molar-refractivity contribution >= 4 is 52.4 Å². The summed E-state index contributed by atoms with van der Waals surface area (Å²) in [5.74, 6) is -1.08. The molecule has 0 saturated heterocycles. The molecule has 0 aliphatic carbocycles. The summed E-state index contributed by atoms with van der Waals surface area (Å²) in [6, 6.07) is 8.94. The zero-order chi connectivity index (χ0) is 24.1. The Morgan fingerprint density at radius 1 is 1.29 bits per heavy atom. The second-order valence-electron chi connectivity index (χ2n) is 6.85. The van der Waals surface area contributed by atoms with Gasteiger partial charge in [-0.3, -0.25) is 14.2 Å². The number of benzene rings is 1. The van der Waals surface area contributed by atoms with Crippen LogP contribution in [0.25, 0.3) is 22.9 Å². The van der Waals surface area contributed by atoms with Crippen molar-refractivity contribution in [1.29, 1.82) is 0 Å². The number of halogens is 1. The zero-order valence-corrected chi connectivity index (χ0v) is 19.5. The molecule has 0 fully saturated rings. The van der Waals surface area contributed by atoms with Crippen molar-refractivity contribution in [3.8, 4) is 10.8 Å². The Balaban J connectivity index is 1.69. The first-order valence-corrected chi connectivity index (χ1v) is 11.8. The normalized spacial score (nSPS) is 12.2. The summed E-state index contributed by atoms with van der Waals surface area (Å²) in [5.41, 5.74) is 0.320. The van der Waals surface area contributed by atoms with Gasteiger partial charge in [0.1, 0.15) is 17.0 Å². The van der Waals surface area contributed by atoms with Crippen LogP contribution in [0.15, 0.2) is 57.3 Å². The van der Waals surface area contributed by atoms with Crippen molar-refractivity contribution in [3.63, 3.8) is 0 Å². The van der Waals surface area contributed by atoms with Gasteiger partial charge >= 0.3 is 5.97 Å². The maximum Gasteiger partial charge on any atom is 0.333 e. The van der Waals surface area contributed by atoms with Crippen LogP contribution in [-0.4, -0.2) is 28.0 Å². The molecule has 0 bridgehead atoms. The average molecular weight is 500 g/mol. The number of carbonyl (C=O) groups excluding carboxylic acids is 2. The van der Waals surface area contributed by atoms with Crippen molar-refractivity contribution in [2.45, 2.75) is 13.5 Å². The first-order valence-electron chi connectivity index (χ1n) is 10.1. The second kappa shape index (κ2) is 10.4. The van der Waals surface area contributed by atoms with Gasteiger partial charge in [-0.2, -0.15) is 0 Å². The van der Waals surface area contributed by atoms with Crippen LogP contribution < -0.4 is 20.1 Å². The van der Waals surface area contributed by atoms with Gasteiger partial charge in [0.25, 0.3) is 5.56 Å². The minimum absolute atomic E-state index is 0.165. The number of nitrogens with one attached hydrogen (secondary N) is 1. The Morgan fingerprint density at radius 2 is 2.15 bits per heavy atom. The minimum Gasteiger partial charge on any atom is -0.463 e. The van der Waals surface area contributed by atoms with Gasteiger partial charge in [0.15, 0.2) is 10.8 Å². The van der Waals surface area contributed by atoms with Crippen LogP contribution in [0.1, 0.15) is 12.6 Å². The van der Waals surface area contributed by atoms with E-state index in [1.807, 2.05) is 0 Å². The van der Waals surface area contributed by atoms with E-state index < -0.39 is 23.3 Å². The van der Waals surface area contributed by atoms with Gasteiger partial charge in [0.05, 0.1) is 29.2 Å². The first-order chi connectivity index (χ1) is 16.4. The van der Waals surface area contributed by atoms with Crippen LogP contribution in [0, 0.1) is 5.82 Å². The predicted octanol–water partition coefficient (Wildman–Crippen LogP) is 2.58. The van der Waals surface area contributed by atoms with E-state index >= 15 is 0 Å². The quantitative estimate of drug-likeness (QED) is 0.392. The molecule has 4 aromatic rings. The Bertz CT molecular complexity index is 1500. The number of ether oxygens (including phenoxy) is 1. The number of hydrogen-bond donors (Lipinski definition) is 1. The minimum atomic E-state index is -0.636. The van der Waals surface area contributed by atoms with Crippen molar-refractivity contribution in [2.75, 3.05) is 11.9 Å². The molecule has 1 amide bonds. The number of hydrogen-bond acceptors (Lipinski definition) is 8. The number of thiazole rings is 2. The van der Waals surface area contributed by atoms with Gasteiger partial charge in [-0.1, -0.05) is 6.07 Å². The monoisotopic (exact) mass is 499 g/mol. The summed E-state index contributed by atoms with van der Waals surface area (Å²) >= 11 is 2.39. The summed E-state index contributed by atoms with van der Waals surface area (Å²) in [4.78, 5) is 42.1. The van der Waals surface area contributed by atoms with Crippen LogP contribution in [-0.2, 0) is 20.9 Å². The van der Waals surface area contributed by atoms with E-state index in [9.17, 15) is 18.8 Å². The summed E-state index contributed by atoms with van der Waals surface area (Å²) in [6.45, 7) is 1.45. The highest BCUT2D eigenvalue weighted by molar-refractivity contribution is 7.13. The van der Waals surface area contributed by atoms with Gasteiger partial charge in [-0.05, 0) is 43.3 Å². The maximum absolute atomic E-state index is 13.4. The van der Waals surface area contributed by atoms with E-state index in [1.165, 1.54) is 34.1 Å². The van der Waals surface area contributed by atoms with Crippen LogP contribution >= 0.6 is 22.7 Å². The predicted molar refractivity (Wildman–Crippen MR) is 127 cm³/mol. The highest BCUT2D eigenvalue weighted by atomic mass is 32.1. The highest BCUT2D eigenvalue weighted by Gasteiger charge is 2.13. The molecule has 1 N–H and O–H groups in total. The standard InChI is InChI=1S/C23H18FN3O5S2/c1-2-31-21(29)11-20-27(12-19(28)25-15-6-3-5-14(24)9-15)23(30)18(34-20)10-16-13-33-22(26-16)17-7-4-8-32-17/h3-11,13H,2,12H2,1H3,(H,25,28)/b18-10+,20-11+. The molecule has 34 heavy (non-hydrogen) atoms. The van der Waals surface area contributed by atoms with Crippen LogP contribution in [0.5, 0.6) is 0 Å². The molecule has 0 saturated carbocycles. The molecule has 0 aliphatic rings. The lowest BCUT2D eigenvalue weighted by Gasteiger charge is -2.06. The van der Waals surface area contributed by atoms with E-state index in [0.717, 1.165) is 23.5 Å². The largest absolute Gasteiger partial charge is 0.463 e. The number of carbonyl (C=O) groups is 2. The number of furan rings is 1. The van der Waals surface area contributed by atoms with Gasteiger partial charge in [0, 0.05) is 11.1 Å². The summed E-state index contributed by atoms with van der Waals surface area (Å²) < 4.78 is 25.4. The molecule has 174 valence electrons. The van der Waals surface area contributed by atoms with E-state index in [2.05, 4.69) is 10.3 Å². The zero-order valence-electron chi connectivity index (χ0n) is 17.8. The first kappa shape index (κ1) is 23.3. The highest BCUT2D eigenvalue weighted by Crippen LogP contribution is 2.24. The molecule has 11 heteroatoms. The molecule has 0 radical (unpaired) electrons. The maximum atomic E-state index is 13.4. The Morgan fingerprint density at radius 3 is 2.88 bits per heavy atom. The lowest BCUT2D eigenvalue weighted by molar-refractivity contribution is -0.135. The van der Waals surface area contributed by atoms with Crippen LogP contribution in [0.4, 0.5) is 10.1 Å².